The molecule has 1 saturated carbocycles. The summed E-state index contributed by atoms with van der Waals surface area (Å²) in [6.07, 6.45) is 4.10. The topological polar surface area (TPSA) is 67.7 Å². The van der Waals surface area contributed by atoms with Gasteiger partial charge in [0.15, 0.2) is 0 Å². The summed E-state index contributed by atoms with van der Waals surface area (Å²) in [5, 5.41) is 4.94. The number of nitrogens with zero attached hydrogens (tertiary/aromatic N) is 4. The zero-order valence-corrected chi connectivity index (χ0v) is 21.0. The number of benzene rings is 1. The van der Waals surface area contributed by atoms with Crippen LogP contribution in [0.2, 0.25) is 10.2 Å². The summed E-state index contributed by atoms with van der Waals surface area (Å²) < 4.78 is 34.9. The number of ether oxygens (including phenoxy) is 1. The second kappa shape index (κ2) is 9.50. The Morgan fingerprint density at radius 3 is 2.53 bits per heavy atom. The second-order valence-electron chi connectivity index (χ2n) is 8.90. The maximum absolute atomic E-state index is 13.0. The van der Waals surface area contributed by atoms with Gasteiger partial charge in [-0.1, -0.05) is 35.3 Å². The van der Waals surface area contributed by atoms with Gasteiger partial charge in [0.05, 0.1) is 16.8 Å². The first kappa shape index (κ1) is 23.8. The number of likely N-dealkylation sites (tertiary alicyclic amines) is 1. The molecule has 32 heavy (non-hydrogen) atoms. The van der Waals surface area contributed by atoms with Crippen LogP contribution in [0.3, 0.4) is 0 Å². The molecule has 1 aromatic carbocycles. The summed E-state index contributed by atoms with van der Waals surface area (Å²) in [5.74, 6) is 0.938. The van der Waals surface area contributed by atoms with E-state index in [9.17, 15) is 8.42 Å². The fraction of sp³-hybridized carbons (Fsp3) is 0.591. The van der Waals surface area contributed by atoms with Gasteiger partial charge in [0.25, 0.3) is 0 Å². The monoisotopic (exact) mass is 500 g/mol. The molecular weight excluding hydrogens is 471 g/mol. The van der Waals surface area contributed by atoms with Crippen LogP contribution in [0.4, 0.5) is 0 Å². The fourth-order valence-corrected chi connectivity index (χ4v) is 6.75. The van der Waals surface area contributed by atoms with Crippen molar-refractivity contribution in [3.63, 3.8) is 0 Å². The molecule has 2 heterocycles. The van der Waals surface area contributed by atoms with Gasteiger partial charge in [-0.3, -0.25) is 9.58 Å². The summed E-state index contributed by atoms with van der Waals surface area (Å²) in [5.41, 5.74) is 1.50. The largest absolute Gasteiger partial charge is 0.489 e. The van der Waals surface area contributed by atoms with Gasteiger partial charge in [0.1, 0.15) is 15.8 Å². The third-order valence-corrected chi connectivity index (χ3v) is 9.35. The molecule has 10 heteroatoms. The normalized spacial score (nSPS) is 21.8. The molecule has 0 bridgehead atoms. The van der Waals surface area contributed by atoms with Crippen molar-refractivity contribution >= 4 is 33.2 Å². The van der Waals surface area contributed by atoms with E-state index in [0.717, 1.165) is 38.0 Å². The van der Waals surface area contributed by atoms with E-state index in [4.69, 9.17) is 27.9 Å². The molecule has 2 aliphatic rings. The summed E-state index contributed by atoms with van der Waals surface area (Å²) in [6, 6.07) is 5.96. The van der Waals surface area contributed by atoms with Crippen LogP contribution in [-0.2, 0) is 23.6 Å². The molecule has 1 aliphatic heterocycles. The van der Waals surface area contributed by atoms with Gasteiger partial charge in [-0.15, -0.1) is 0 Å². The van der Waals surface area contributed by atoms with Gasteiger partial charge in [0.2, 0.25) is 10.0 Å². The predicted octanol–water partition coefficient (Wildman–Crippen LogP) is 4.11. The van der Waals surface area contributed by atoms with Crippen LogP contribution in [0.15, 0.2) is 23.1 Å². The van der Waals surface area contributed by atoms with Crippen LogP contribution < -0.4 is 4.74 Å². The van der Waals surface area contributed by atoms with E-state index in [1.165, 1.54) is 21.8 Å². The van der Waals surface area contributed by atoms with Gasteiger partial charge in [-0.2, -0.15) is 5.10 Å². The third-order valence-electron chi connectivity index (χ3n) is 6.41. The standard InChI is InChI=1S/C22H30Cl2N4O3S/c1-15-21(22(24)27(3)25-15)32(29,30)26(2)13-16-11-18(12-16)31-19-8-6-7-17(20(19)23)14-28-9-4-5-10-28/h6-8,16,18H,4-5,9-14H2,1-3H3. The van der Waals surface area contributed by atoms with Crippen molar-refractivity contribution in [2.24, 2.45) is 13.0 Å². The van der Waals surface area contributed by atoms with Crippen molar-refractivity contribution in [1.29, 1.82) is 0 Å². The number of hydrogen-bond acceptors (Lipinski definition) is 5. The van der Waals surface area contributed by atoms with Gasteiger partial charge >= 0.3 is 0 Å². The first-order valence-electron chi connectivity index (χ1n) is 11.0. The molecule has 0 amide bonds. The molecule has 176 valence electrons. The Morgan fingerprint density at radius 2 is 1.91 bits per heavy atom. The number of halogens is 2. The van der Waals surface area contributed by atoms with E-state index >= 15 is 0 Å². The lowest BCUT2D eigenvalue weighted by atomic mass is 9.82. The van der Waals surface area contributed by atoms with Crippen molar-refractivity contribution in [3.05, 3.63) is 39.6 Å². The minimum absolute atomic E-state index is 0.0411. The predicted molar refractivity (Wildman–Crippen MR) is 126 cm³/mol. The molecule has 0 spiro atoms. The quantitative estimate of drug-likeness (QED) is 0.545. The molecule has 2 aromatic rings. The van der Waals surface area contributed by atoms with E-state index in [-0.39, 0.29) is 22.1 Å². The molecular formula is C22H30Cl2N4O3S. The van der Waals surface area contributed by atoms with Crippen molar-refractivity contribution in [3.8, 4) is 5.75 Å². The maximum atomic E-state index is 13.0. The van der Waals surface area contributed by atoms with Gasteiger partial charge in [-0.05, 0) is 63.2 Å². The fourth-order valence-electron chi connectivity index (χ4n) is 4.57. The Bertz CT molecular complexity index is 1080. The van der Waals surface area contributed by atoms with Crippen molar-refractivity contribution < 1.29 is 13.2 Å². The SMILES string of the molecule is Cc1nn(C)c(Cl)c1S(=O)(=O)N(C)CC1CC(Oc2cccc(CN3CCCC3)c2Cl)C1. The minimum Gasteiger partial charge on any atom is -0.489 e. The number of aromatic nitrogens is 2. The lowest BCUT2D eigenvalue weighted by Crippen LogP contribution is -2.42. The molecule has 0 N–H and O–H groups in total. The molecule has 1 aliphatic carbocycles. The zero-order chi connectivity index (χ0) is 23.0. The molecule has 0 radical (unpaired) electrons. The summed E-state index contributed by atoms with van der Waals surface area (Å²) >= 11 is 12.8. The third kappa shape index (κ3) is 4.80. The second-order valence-corrected chi connectivity index (χ2v) is 11.6. The summed E-state index contributed by atoms with van der Waals surface area (Å²) in [6.45, 7) is 5.15. The smallest absolute Gasteiger partial charge is 0.247 e. The van der Waals surface area contributed by atoms with Gasteiger partial charge < -0.3 is 4.74 Å². The lowest BCUT2D eigenvalue weighted by molar-refractivity contribution is 0.0575. The van der Waals surface area contributed by atoms with E-state index in [1.54, 1.807) is 21.0 Å². The van der Waals surface area contributed by atoms with Gasteiger partial charge in [-0.25, -0.2) is 12.7 Å². The molecule has 1 aromatic heterocycles. The van der Waals surface area contributed by atoms with Crippen LogP contribution >= 0.6 is 23.2 Å². The van der Waals surface area contributed by atoms with Crippen molar-refractivity contribution in [1.82, 2.24) is 19.0 Å². The van der Waals surface area contributed by atoms with Crippen LogP contribution in [0.5, 0.6) is 5.75 Å². The highest BCUT2D eigenvalue weighted by Crippen LogP contribution is 2.37. The Hall–Kier alpha value is -1.32. The van der Waals surface area contributed by atoms with Crippen molar-refractivity contribution in [2.45, 2.75) is 50.2 Å². The molecule has 4 rings (SSSR count). The number of aryl methyl sites for hydroxylation is 2. The van der Waals surface area contributed by atoms with Crippen LogP contribution in [0, 0.1) is 12.8 Å². The number of sulfonamides is 1. The highest BCUT2D eigenvalue weighted by atomic mass is 35.5. The number of hydrogen-bond donors (Lipinski definition) is 0. The maximum Gasteiger partial charge on any atom is 0.247 e. The Kier molecular flexibility index (Phi) is 7.08. The molecule has 0 unspecified atom stereocenters. The van der Waals surface area contributed by atoms with Crippen LogP contribution in [0.1, 0.15) is 36.9 Å². The van der Waals surface area contributed by atoms with Crippen molar-refractivity contribution in [2.75, 3.05) is 26.7 Å². The average Bonchev–Trinajstić information content (AvgIpc) is 3.30. The highest BCUT2D eigenvalue weighted by molar-refractivity contribution is 7.89. The van der Waals surface area contributed by atoms with Crippen LogP contribution in [-0.4, -0.2) is 60.2 Å². The van der Waals surface area contributed by atoms with E-state index < -0.39 is 10.0 Å². The lowest BCUT2D eigenvalue weighted by Gasteiger charge is -2.37. The number of rotatable bonds is 8. The van der Waals surface area contributed by atoms with E-state index in [2.05, 4.69) is 16.1 Å². The van der Waals surface area contributed by atoms with E-state index in [1.807, 2.05) is 12.1 Å². The Morgan fingerprint density at radius 1 is 1.22 bits per heavy atom. The van der Waals surface area contributed by atoms with Crippen LogP contribution in [0.25, 0.3) is 0 Å². The molecule has 0 atom stereocenters. The summed E-state index contributed by atoms with van der Waals surface area (Å²) in [7, 11) is -0.479. The summed E-state index contributed by atoms with van der Waals surface area (Å²) in [4.78, 5) is 2.49. The Balaban J connectivity index is 1.33. The first-order valence-corrected chi connectivity index (χ1v) is 13.2. The minimum atomic E-state index is -3.70. The van der Waals surface area contributed by atoms with E-state index in [0.29, 0.717) is 23.0 Å². The molecule has 2 fully saturated rings. The highest BCUT2D eigenvalue weighted by Gasteiger charge is 2.36. The first-order chi connectivity index (χ1) is 15.2. The average molecular weight is 501 g/mol. The van der Waals surface area contributed by atoms with Gasteiger partial charge in [0, 0.05) is 27.2 Å². The molecule has 7 nitrogen and oxygen atoms in total. The zero-order valence-electron chi connectivity index (χ0n) is 18.7. The molecule has 1 saturated heterocycles. The Labute approximate surface area is 200 Å².